The molecule has 5 rings (SSSR count). The van der Waals surface area contributed by atoms with Crippen LogP contribution in [0.1, 0.15) is 16.7 Å². The van der Waals surface area contributed by atoms with E-state index in [1.807, 2.05) is 37.3 Å². The fraction of sp³-hybridized carbons (Fsp3) is 0.276. The van der Waals surface area contributed by atoms with Crippen LogP contribution in [-0.2, 0) is 9.84 Å². The van der Waals surface area contributed by atoms with Crippen molar-refractivity contribution in [2.75, 3.05) is 43.1 Å². The number of benzene rings is 3. The number of hydrogen-bond donors (Lipinski definition) is 0. The van der Waals surface area contributed by atoms with E-state index in [4.69, 9.17) is 4.74 Å². The van der Waals surface area contributed by atoms with Gasteiger partial charge < -0.3 is 14.5 Å². The lowest BCUT2D eigenvalue weighted by molar-refractivity contribution is -0.347. The van der Waals surface area contributed by atoms with Crippen molar-refractivity contribution in [2.24, 2.45) is 0 Å². The molecule has 0 amide bonds. The molecule has 1 N–H and O–H groups in total. The predicted octanol–water partition coefficient (Wildman–Crippen LogP) is 4.75. The monoisotopic (exact) mass is 502 g/mol. The molecule has 1 saturated heterocycles. The summed E-state index contributed by atoms with van der Waals surface area (Å²) in [5, 5.41) is 0.836. The van der Waals surface area contributed by atoms with Gasteiger partial charge in [0, 0.05) is 37.9 Å². The number of fused-ring (bicyclic) bond motifs is 1. The van der Waals surface area contributed by atoms with Crippen LogP contribution >= 0.6 is 0 Å². The summed E-state index contributed by atoms with van der Waals surface area (Å²) in [6, 6.07) is 19.3. The number of H-pyrrole nitrogens is 1. The third kappa shape index (κ3) is 4.39. The maximum Gasteiger partial charge on any atom is 0.214 e. The Morgan fingerprint density at radius 3 is 2.14 bits per heavy atom. The maximum absolute atomic E-state index is 13.9. The van der Waals surface area contributed by atoms with E-state index >= 15 is 0 Å². The van der Waals surface area contributed by atoms with Gasteiger partial charge in [-0.05, 0) is 56.7 Å². The normalized spacial score (nSPS) is 14.3. The topological polar surface area (TPSA) is 64.0 Å². The molecule has 2 heterocycles. The number of piperazine rings is 1. The van der Waals surface area contributed by atoms with Crippen molar-refractivity contribution in [3.05, 3.63) is 83.6 Å². The molecule has 186 valence electrons. The molecule has 0 bridgehead atoms. The molecule has 0 spiro atoms. The SMILES string of the molecule is COc1ccc2[nH+]cc(S(=O)(=O)c3ccc(C)cc3)c(N3CCN(c4ccc(C)cc4C)CC3)c2c1. The van der Waals surface area contributed by atoms with Gasteiger partial charge in [0.05, 0.1) is 23.1 Å². The number of methoxy groups -OCH3 is 1. The smallest absolute Gasteiger partial charge is 0.214 e. The number of aryl methyl sites for hydroxylation is 3. The molecular weight excluding hydrogens is 470 g/mol. The van der Waals surface area contributed by atoms with Crippen LogP contribution in [0.3, 0.4) is 0 Å². The van der Waals surface area contributed by atoms with Crippen LogP contribution in [0.2, 0.25) is 0 Å². The quantitative estimate of drug-likeness (QED) is 0.394. The zero-order chi connectivity index (χ0) is 25.4. The molecule has 0 unspecified atom stereocenters. The van der Waals surface area contributed by atoms with E-state index in [2.05, 4.69) is 46.8 Å². The van der Waals surface area contributed by atoms with Gasteiger partial charge >= 0.3 is 0 Å². The number of nitrogens with zero attached hydrogens (tertiary/aromatic N) is 2. The van der Waals surface area contributed by atoms with Crippen molar-refractivity contribution in [1.82, 2.24) is 0 Å². The van der Waals surface area contributed by atoms with E-state index < -0.39 is 9.84 Å². The molecule has 3 aromatic carbocycles. The largest absolute Gasteiger partial charge is 0.497 e. The Morgan fingerprint density at radius 1 is 0.806 bits per heavy atom. The standard InChI is InChI=1S/C29H31N3O3S/c1-20-5-9-24(10-6-20)36(33,34)28-19-30-26-11-8-23(35-4)18-25(26)29(28)32-15-13-31(14-16-32)27-12-7-21(2)17-22(27)3/h5-12,17-19H,13-16H2,1-4H3/p+1. The first kappa shape index (κ1) is 24.1. The molecule has 1 fully saturated rings. The Labute approximate surface area is 213 Å². The van der Waals surface area contributed by atoms with E-state index in [0.29, 0.717) is 23.7 Å². The lowest BCUT2D eigenvalue weighted by atomic mass is 10.1. The summed E-state index contributed by atoms with van der Waals surface area (Å²) in [5.74, 6) is 0.691. The second-order valence-corrected chi connectivity index (χ2v) is 11.4. The zero-order valence-corrected chi connectivity index (χ0v) is 22.0. The van der Waals surface area contributed by atoms with Crippen LogP contribution in [0.4, 0.5) is 11.4 Å². The van der Waals surface area contributed by atoms with Gasteiger partial charge in [-0.25, -0.2) is 13.4 Å². The third-order valence-corrected chi connectivity index (χ3v) is 8.77. The van der Waals surface area contributed by atoms with Gasteiger partial charge in [-0.3, -0.25) is 0 Å². The number of pyridine rings is 1. The number of ether oxygens (including phenoxy) is 1. The van der Waals surface area contributed by atoms with Gasteiger partial charge in [0.2, 0.25) is 15.4 Å². The molecule has 0 aliphatic carbocycles. The molecule has 0 saturated carbocycles. The molecule has 0 atom stereocenters. The molecule has 1 aromatic heterocycles. The van der Waals surface area contributed by atoms with Crippen molar-refractivity contribution in [1.29, 1.82) is 0 Å². The molecule has 0 radical (unpaired) electrons. The molecule has 4 aromatic rings. The molecule has 1 aliphatic rings. The van der Waals surface area contributed by atoms with Crippen molar-refractivity contribution < 1.29 is 18.1 Å². The summed E-state index contributed by atoms with van der Waals surface area (Å²) < 4.78 is 33.3. The predicted molar refractivity (Wildman–Crippen MR) is 144 cm³/mol. The van der Waals surface area contributed by atoms with E-state index in [0.717, 1.165) is 35.2 Å². The maximum atomic E-state index is 13.9. The van der Waals surface area contributed by atoms with E-state index in [9.17, 15) is 8.42 Å². The average Bonchev–Trinajstić information content (AvgIpc) is 2.88. The number of aromatic nitrogens is 1. The Balaban J connectivity index is 1.58. The Kier molecular flexibility index (Phi) is 6.35. The minimum absolute atomic E-state index is 0.284. The first-order valence-electron chi connectivity index (χ1n) is 12.2. The van der Waals surface area contributed by atoms with Crippen molar-refractivity contribution in [2.45, 2.75) is 30.6 Å². The highest BCUT2D eigenvalue weighted by molar-refractivity contribution is 7.91. The van der Waals surface area contributed by atoms with Crippen molar-refractivity contribution in [3.8, 4) is 5.75 Å². The average molecular weight is 503 g/mol. The second-order valence-electron chi connectivity index (χ2n) is 9.49. The number of anilines is 2. The Morgan fingerprint density at radius 2 is 1.47 bits per heavy atom. The first-order valence-corrected chi connectivity index (χ1v) is 13.7. The van der Waals surface area contributed by atoms with Crippen molar-refractivity contribution in [3.63, 3.8) is 0 Å². The van der Waals surface area contributed by atoms with E-state index in [-0.39, 0.29) is 4.90 Å². The fourth-order valence-electron chi connectivity index (χ4n) is 5.02. The lowest BCUT2D eigenvalue weighted by Gasteiger charge is -2.38. The zero-order valence-electron chi connectivity index (χ0n) is 21.2. The molecule has 7 heteroatoms. The van der Waals surface area contributed by atoms with Gasteiger partial charge in [-0.1, -0.05) is 35.4 Å². The first-order chi connectivity index (χ1) is 17.3. The Bertz CT molecular complexity index is 1520. The second kappa shape index (κ2) is 9.47. The van der Waals surface area contributed by atoms with Gasteiger partial charge in [0.15, 0.2) is 11.1 Å². The minimum atomic E-state index is -3.75. The van der Waals surface area contributed by atoms with Crippen molar-refractivity contribution >= 4 is 32.1 Å². The highest BCUT2D eigenvalue weighted by Crippen LogP contribution is 2.37. The van der Waals surface area contributed by atoms with Gasteiger partial charge in [0.25, 0.3) is 0 Å². The molecule has 6 nitrogen and oxygen atoms in total. The highest BCUT2D eigenvalue weighted by atomic mass is 32.2. The van der Waals surface area contributed by atoms with Crippen LogP contribution in [0.15, 0.2) is 76.7 Å². The van der Waals surface area contributed by atoms with E-state index in [1.54, 1.807) is 25.4 Å². The third-order valence-electron chi connectivity index (χ3n) is 6.98. The summed E-state index contributed by atoms with van der Waals surface area (Å²) >= 11 is 0. The number of aromatic amines is 1. The summed E-state index contributed by atoms with van der Waals surface area (Å²) in [4.78, 5) is 8.38. The molecular formula is C29H32N3O3S+. The number of sulfone groups is 1. The van der Waals surface area contributed by atoms with Crippen LogP contribution in [0.25, 0.3) is 10.9 Å². The van der Waals surface area contributed by atoms with Gasteiger partial charge in [0.1, 0.15) is 5.75 Å². The molecule has 1 aliphatic heterocycles. The van der Waals surface area contributed by atoms with Gasteiger partial charge in [-0.15, -0.1) is 0 Å². The number of rotatable bonds is 5. The van der Waals surface area contributed by atoms with Crippen LogP contribution < -0.4 is 19.5 Å². The summed E-state index contributed by atoms with van der Waals surface area (Å²) in [7, 11) is -2.13. The van der Waals surface area contributed by atoms with E-state index in [1.165, 1.54) is 16.8 Å². The molecule has 36 heavy (non-hydrogen) atoms. The highest BCUT2D eigenvalue weighted by Gasteiger charge is 2.31. The number of nitrogens with one attached hydrogen (secondary N) is 1. The summed E-state index contributed by atoms with van der Waals surface area (Å²) in [5.41, 5.74) is 6.36. The fourth-order valence-corrected chi connectivity index (χ4v) is 6.48. The van der Waals surface area contributed by atoms with Crippen LogP contribution in [0.5, 0.6) is 5.75 Å². The van der Waals surface area contributed by atoms with Crippen LogP contribution in [0, 0.1) is 20.8 Å². The van der Waals surface area contributed by atoms with Crippen LogP contribution in [-0.4, -0.2) is 41.7 Å². The number of hydrogen-bond acceptors (Lipinski definition) is 5. The Hall–Kier alpha value is -3.58. The summed E-state index contributed by atoms with van der Waals surface area (Å²) in [6.45, 7) is 9.23. The van der Waals surface area contributed by atoms with Gasteiger partial charge in [-0.2, -0.15) is 0 Å². The minimum Gasteiger partial charge on any atom is -0.497 e. The lowest BCUT2D eigenvalue weighted by Crippen LogP contribution is -2.47. The summed E-state index contributed by atoms with van der Waals surface area (Å²) in [6.07, 6.45) is 1.63.